The van der Waals surface area contributed by atoms with E-state index >= 15 is 0 Å². The second-order valence-corrected chi connectivity index (χ2v) is 4.09. The van der Waals surface area contributed by atoms with Gasteiger partial charge in [0.2, 0.25) is 10.1 Å². The molecule has 96 valence electrons. The minimum atomic E-state index is -4.54. The van der Waals surface area contributed by atoms with Gasteiger partial charge in [0.15, 0.2) is 5.84 Å². The molecule has 0 fully saturated rings. The molecule has 0 spiro atoms. The van der Waals surface area contributed by atoms with E-state index in [2.05, 4.69) is 15.4 Å². The van der Waals surface area contributed by atoms with Gasteiger partial charge in [0.05, 0.1) is 5.69 Å². The smallest absolute Gasteiger partial charge is 0.409 e. The first-order chi connectivity index (χ1) is 8.43. The molecule has 0 amide bonds. The Morgan fingerprint density at radius 1 is 1.44 bits per heavy atom. The molecule has 0 bridgehead atoms. The van der Waals surface area contributed by atoms with Crippen molar-refractivity contribution in [1.29, 1.82) is 0 Å². The molecule has 3 N–H and O–H groups in total. The average Bonchev–Trinajstić information content (AvgIpc) is 2.94. The molecule has 0 saturated carbocycles. The first-order valence-electron chi connectivity index (χ1n) is 4.50. The number of nitrogens with zero attached hydrogens (tertiary/aromatic N) is 4. The third-order valence-electron chi connectivity index (χ3n) is 1.98. The molecule has 0 unspecified atom stereocenters. The van der Waals surface area contributed by atoms with Gasteiger partial charge in [-0.1, -0.05) is 16.5 Å². The van der Waals surface area contributed by atoms with Crippen molar-refractivity contribution < 1.29 is 18.4 Å². The Balaban J connectivity index is 2.44. The van der Waals surface area contributed by atoms with E-state index in [-0.39, 0.29) is 16.7 Å². The summed E-state index contributed by atoms with van der Waals surface area (Å²) in [5.74, 6) is -0.233. The van der Waals surface area contributed by atoms with Crippen LogP contribution < -0.4 is 5.73 Å². The highest BCUT2D eigenvalue weighted by Gasteiger charge is 2.36. The number of alkyl halides is 3. The van der Waals surface area contributed by atoms with E-state index in [0.717, 1.165) is 0 Å². The maximum atomic E-state index is 12.4. The van der Waals surface area contributed by atoms with Crippen molar-refractivity contribution in [1.82, 2.24) is 14.8 Å². The number of hydrogen-bond donors (Lipinski definition) is 2. The van der Waals surface area contributed by atoms with Gasteiger partial charge in [-0.15, -0.1) is 10.2 Å². The summed E-state index contributed by atoms with van der Waals surface area (Å²) >= 11 is 0.363. The summed E-state index contributed by atoms with van der Waals surface area (Å²) in [6, 6.07) is 3.01. The predicted octanol–water partition coefficient (Wildman–Crippen LogP) is 1.44. The molecule has 2 heterocycles. The number of nitrogens with two attached hydrogens (primary N) is 1. The average molecular weight is 277 g/mol. The number of hydrogen-bond acceptors (Lipinski definition) is 5. The van der Waals surface area contributed by atoms with Crippen molar-refractivity contribution in [2.75, 3.05) is 0 Å². The number of amidine groups is 1. The van der Waals surface area contributed by atoms with Crippen LogP contribution in [-0.2, 0) is 6.18 Å². The van der Waals surface area contributed by atoms with Crippen LogP contribution >= 0.6 is 11.3 Å². The van der Waals surface area contributed by atoms with Crippen molar-refractivity contribution in [3.8, 4) is 5.13 Å². The lowest BCUT2D eigenvalue weighted by Crippen LogP contribution is -2.17. The first kappa shape index (κ1) is 12.4. The fourth-order valence-electron chi connectivity index (χ4n) is 1.24. The van der Waals surface area contributed by atoms with E-state index in [1.807, 2.05) is 0 Å². The van der Waals surface area contributed by atoms with Crippen LogP contribution in [0.5, 0.6) is 0 Å². The topological polar surface area (TPSA) is 89.3 Å². The lowest BCUT2D eigenvalue weighted by Gasteiger charge is -2.02. The zero-order valence-corrected chi connectivity index (χ0v) is 9.40. The first-order valence-corrected chi connectivity index (χ1v) is 5.31. The molecule has 0 saturated heterocycles. The molecule has 10 heteroatoms. The fraction of sp³-hybridized carbons (Fsp3) is 0.125. The van der Waals surface area contributed by atoms with Gasteiger partial charge in [0.25, 0.3) is 0 Å². The lowest BCUT2D eigenvalue weighted by molar-refractivity contribution is -0.138. The van der Waals surface area contributed by atoms with Crippen LogP contribution in [0, 0.1) is 0 Å². The molecular formula is C8H6F3N5OS. The summed E-state index contributed by atoms with van der Waals surface area (Å²) < 4.78 is 38.4. The van der Waals surface area contributed by atoms with Crippen LogP contribution in [0.25, 0.3) is 5.13 Å². The van der Waals surface area contributed by atoms with Crippen LogP contribution in [0.4, 0.5) is 13.2 Å². The zero-order chi connectivity index (χ0) is 13.3. The molecule has 0 atom stereocenters. The second-order valence-electron chi connectivity index (χ2n) is 3.14. The molecular weight excluding hydrogens is 271 g/mol. The van der Waals surface area contributed by atoms with Gasteiger partial charge in [0.1, 0.15) is 0 Å². The third kappa shape index (κ3) is 2.14. The van der Waals surface area contributed by atoms with Crippen LogP contribution in [0.15, 0.2) is 23.5 Å². The highest BCUT2D eigenvalue weighted by Crippen LogP contribution is 2.32. The molecule has 2 aromatic rings. The van der Waals surface area contributed by atoms with Gasteiger partial charge in [-0.25, -0.2) is 0 Å². The Morgan fingerprint density at radius 3 is 2.72 bits per heavy atom. The zero-order valence-electron chi connectivity index (χ0n) is 8.59. The summed E-state index contributed by atoms with van der Waals surface area (Å²) in [5, 5.41) is 16.7. The van der Waals surface area contributed by atoms with Gasteiger partial charge in [-0.3, -0.25) is 4.57 Å². The van der Waals surface area contributed by atoms with Crippen molar-refractivity contribution in [2.24, 2.45) is 10.9 Å². The van der Waals surface area contributed by atoms with Gasteiger partial charge in [-0.05, 0) is 12.1 Å². The van der Waals surface area contributed by atoms with E-state index in [0.29, 0.717) is 11.3 Å². The molecule has 0 aliphatic heterocycles. The minimum absolute atomic E-state index is 0.0195. The van der Waals surface area contributed by atoms with Crippen LogP contribution in [0.3, 0.4) is 0 Å². The lowest BCUT2D eigenvalue weighted by atomic mass is 10.4. The van der Waals surface area contributed by atoms with Crippen molar-refractivity contribution in [2.45, 2.75) is 6.18 Å². The highest BCUT2D eigenvalue weighted by molar-refractivity contribution is 7.13. The maximum absolute atomic E-state index is 12.4. The predicted molar refractivity (Wildman–Crippen MR) is 56.7 cm³/mol. The Kier molecular flexibility index (Phi) is 2.95. The quantitative estimate of drug-likeness (QED) is 0.376. The van der Waals surface area contributed by atoms with Gasteiger partial charge < -0.3 is 10.9 Å². The van der Waals surface area contributed by atoms with Gasteiger partial charge in [-0.2, -0.15) is 13.2 Å². The fourth-order valence-corrected chi connectivity index (χ4v) is 1.94. The van der Waals surface area contributed by atoms with Gasteiger partial charge in [0, 0.05) is 6.20 Å². The van der Waals surface area contributed by atoms with Crippen LogP contribution in [-0.4, -0.2) is 25.8 Å². The number of rotatable bonds is 2. The Morgan fingerprint density at radius 2 is 2.17 bits per heavy atom. The number of aromatic nitrogens is 3. The van der Waals surface area contributed by atoms with E-state index in [9.17, 15) is 13.2 Å². The summed E-state index contributed by atoms with van der Waals surface area (Å²) in [5.41, 5.74) is 5.61. The normalized spacial score (nSPS) is 12.9. The molecule has 0 aliphatic rings. The summed E-state index contributed by atoms with van der Waals surface area (Å²) in [6.45, 7) is 0. The highest BCUT2D eigenvalue weighted by atomic mass is 32.1. The summed E-state index contributed by atoms with van der Waals surface area (Å²) in [4.78, 5) is 0. The van der Waals surface area contributed by atoms with Crippen LogP contribution in [0.2, 0.25) is 0 Å². The second kappa shape index (κ2) is 4.29. The molecule has 0 radical (unpaired) electrons. The third-order valence-corrected chi connectivity index (χ3v) is 2.95. The summed E-state index contributed by atoms with van der Waals surface area (Å²) in [7, 11) is 0. The Bertz CT molecular complexity index is 588. The Hall–Kier alpha value is -2.10. The minimum Gasteiger partial charge on any atom is -0.409 e. The van der Waals surface area contributed by atoms with E-state index in [1.165, 1.54) is 22.9 Å². The molecule has 2 rings (SSSR count). The van der Waals surface area contributed by atoms with Crippen molar-refractivity contribution in [3.63, 3.8) is 0 Å². The van der Waals surface area contributed by atoms with E-state index < -0.39 is 11.2 Å². The van der Waals surface area contributed by atoms with Gasteiger partial charge >= 0.3 is 6.18 Å². The SMILES string of the molecule is N/C(=N/O)c1cccn1-c1nnc(C(F)(F)F)s1. The van der Waals surface area contributed by atoms with Crippen LogP contribution in [0.1, 0.15) is 10.7 Å². The van der Waals surface area contributed by atoms with E-state index in [1.54, 1.807) is 0 Å². The van der Waals surface area contributed by atoms with Crippen molar-refractivity contribution in [3.05, 3.63) is 29.0 Å². The van der Waals surface area contributed by atoms with E-state index in [4.69, 9.17) is 10.9 Å². The standard InChI is InChI=1S/C8H6F3N5OS/c9-8(10,11)6-13-14-7(18-6)16-3-1-2-4(16)5(12)15-17/h1-3,17H,(H2,12,15). The molecule has 6 nitrogen and oxygen atoms in total. The van der Waals surface area contributed by atoms with Crippen molar-refractivity contribution >= 4 is 17.2 Å². The number of oxime groups is 1. The maximum Gasteiger partial charge on any atom is 0.445 e. The largest absolute Gasteiger partial charge is 0.445 e. The molecule has 0 aromatic carbocycles. The molecule has 18 heavy (non-hydrogen) atoms. The Labute approximate surface area is 102 Å². The summed E-state index contributed by atoms with van der Waals surface area (Å²) in [6.07, 6.45) is -3.10. The monoisotopic (exact) mass is 277 g/mol. The molecule has 0 aliphatic carbocycles. The molecule has 2 aromatic heterocycles. The number of halogens is 3.